The Morgan fingerprint density at radius 1 is 1.00 bits per heavy atom. The summed E-state index contributed by atoms with van der Waals surface area (Å²) in [6.07, 6.45) is -0.0585. The van der Waals surface area contributed by atoms with Crippen molar-refractivity contribution in [2.75, 3.05) is 5.75 Å². The van der Waals surface area contributed by atoms with Crippen molar-refractivity contribution in [1.82, 2.24) is 14.7 Å². The molecule has 32 heavy (non-hydrogen) atoms. The van der Waals surface area contributed by atoms with Crippen LogP contribution in [0, 0.1) is 0 Å². The van der Waals surface area contributed by atoms with Crippen molar-refractivity contribution >= 4 is 37.7 Å². The molecule has 0 amide bonds. The molecule has 1 aromatic heterocycles. The molecular formula is C23H21N3O5S. The standard InChI is InChI=1S/C23H21N3O5S/c27-22-18-10-3-4-11-19(18)24-21(25-22)14-20(23(28)29)26-32(30,31)13-12-16-8-5-7-15-6-1-2-9-17(15)16/h1-11,20,26H,12-14H2,(H,28,29)(H,24,25,27)/t20-/m0/s1. The minimum atomic E-state index is -3.92. The Bertz CT molecular complexity index is 1460. The average molecular weight is 452 g/mol. The maximum Gasteiger partial charge on any atom is 0.322 e. The molecule has 0 spiro atoms. The summed E-state index contributed by atoms with van der Waals surface area (Å²) in [5.74, 6) is -1.53. The zero-order valence-electron chi connectivity index (χ0n) is 17.0. The zero-order chi connectivity index (χ0) is 22.7. The van der Waals surface area contributed by atoms with E-state index in [0.29, 0.717) is 10.9 Å². The Morgan fingerprint density at radius 3 is 2.47 bits per heavy atom. The number of carboxylic acid groups (broad SMARTS) is 1. The van der Waals surface area contributed by atoms with Gasteiger partial charge in [0.2, 0.25) is 10.0 Å². The monoisotopic (exact) mass is 451 g/mol. The third-order valence-electron chi connectivity index (χ3n) is 5.20. The molecule has 0 bridgehead atoms. The number of aromatic amines is 1. The lowest BCUT2D eigenvalue weighted by molar-refractivity contribution is -0.138. The van der Waals surface area contributed by atoms with Crippen LogP contribution in [0.1, 0.15) is 11.4 Å². The second-order valence-electron chi connectivity index (χ2n) is 7.45. The van der Waals surface area contributed by atoms with Crippen molar-refractivity contribution in [2.24, 2.45) is 0 Å². The molecule has 9 heteroatoms. The number of hydrogen-bond donors (Lipinski definition) is 3. The van der Waals surface area contributed by atoms with Gasteiger partial charge in [0, 0.05) is 6.42 Å². The van der Waals surface area contributed by atoms with E-state index in [0.717, 1.165) is 16.3 Å². The second-order valence-corrected chi connectivity index (χ2v) is 9.32. The third kappa shape index (κ3) is 4.84. The van der Waals surface area contributed by atoms with E-state index in [1.165, 1.54) is 0 Å². The van der Waals surface area contributed by atoms with Crippen LogP contribution in [0.4, 0.5) is 0 Å². The van der Waals surface area contributed by atoms with Crippen molar-refractivity contribution in [2.45, 2.75) is 18.9 Å². The molecule has 8 nitrogen and oxygen atoms in total. The number of fused-ring (bicyclic) bond motifs is 2. The van der Waals surface area contributed by atoms with Gasteiger partial charge in [0.25, 0.3) is 5.56 Å². The van der Waals surface area contributed by atoms with E-state index in [1.54, 1.807) is 24.3 Å². The summed E-state index contributed by atoms with van der Waals surface area (Å²) in [5, 5.41) is 11.9. The summed E-state index contributed by atoms with van der Waals surface area (Å²) >= 11 is 0. The Hall–Kier alpha value is -3.56. The van der Waals surface area contributed by atoms with Crippen molar-refractivity contribution in [3.05, 3.63) is 88.5 Å². The van der Waals surface area contributed by atoms with Gasteiger partial charge in [0.1, 0.15) is 11.9 Å². The molecule has 0 aliphatic rings. The molecule has 1 heterocycles. The van der Waals surface area contributed by atoms with Gasteiger partial charge < -0.3 is 10.1 Å². The number of carbonyl (C=O) groups is 1. The molecule has 0 radical (unpaired) electrons. The van der Waals surface area contributed by atoms with Gasteiger partial charge in [-0.25, -0.2) is 18.1 Å². The number of nitrogens with one attached hydrogen (secondary N) is 2. The molecule has 0 saturated heterocycles. The molecule has 1 atom stereocenters. The maximum atomic E-state index is 12.7. The first-order chi connectivity index (χ1) is 15.3. The van der Waals surface area contributed by atoms with E-state index in [2.05, 4.69) is 14.7 Å². The smallest absolute Gasteiger partial charge is 0.322 e. The van der Waals surface area contributed by atoms with Gasteiger partial charge in [0.15, 0.2) is 0 Å². The van der Waals surface area contributed by atoms with Crippen LogP contribution in [0.15, 0.2) is 71.5 Å². The molecule has 164 valence electrons. The fourth-order valence-corrected chi connectivity index (χ4v) is 4.86. The van der Waals surface area contributed by atoms with Gasteiger partial charge in [-0.05, 0) is 34.9 Å². The van der Waals surface area contributed by atoms with E-state index in [1.807, 2.05) is 42.5 Å². The van der Waals surface area contributed by atoms with E-state index < -0.39 is 27.6 Å². The maximum absolute atomic E-state index is 12.7. The van der Waals surface area contributed by atoms with Crippen molar-refractivity contribution in [3.63, 3.8) is 0 Å². The molecule has 4 aromatic rings. The Kier molecular flexibility index (Phi) is 6.02. The number of H-pyrrole nitrogens is 1. The largest absolute Gasteiger partial charge is 0.480 e. The number of rotatable bonds is 8. The summed E-state index contributed by atoms with van der Waals surface area (Å²) in [7, 11) is -3.92. The minimum Gasteiger partial charge on any atom is -0.480 e. The highest BCUT2D eigenvalue weighted by atomic mass is 32.2. The zero-order valence-corrected chi connectivity index (χ0v) is 17.8. The van der Waals surface area contributed by atoms with Crippen LogP contribution in [0.5, 0.6) is 0 Å². The van der Waals surface area contributed by atoms with Crippen LogP contribution in [-0.2, 0) is 27.7 Å². The van der Waals surface area contributed by atoms with Crippen LogP contribution in [-0.4, -0.2) is 41.3 Å². The number of benzene rings is 3. The highest BCUT2D eigenvalue weighted by molar-refractivity contribution is 7.89. The highest BCUT2D eigenvalue weighted by Gasteiger charge is 2.25. The number of para-hydroxylation sites is 1. The van der Waals surface area contributed by atoms with Crippen LogP contribution in [0.3, 0.4) is 0 Å². The van der Waals surface area contributed by atoms with E-state index in [-0.39, 0.29) is 24.4 Å². The van der Waals surface area contributed by atoms with Gasteiger partial charge >= 0.3 is 5.97 Å². The number of sulfonamides is 1. The fraction of sp³-hybridized carbons (Fsp3) is 0.174. The lowest BCUT2D eigenvalue weighted by atomic mass is 10.0. The van der Waals surface area contributed by atoms with Crippen LogP contribution in [0.25, 0.3) is 21.7 Å². The first-order valence-electron chi connectivity index (χ1n) is 10.00. The first kappa shape index (κ1) is 21.7. The summed E-state index contributed by atoms with van der Waals surface area (Å²) in [6.45, 7) is 0. The van der Waals surface area contributed by atoms with Gasteiger partial charge in [0.05, 0.1) is 16.7 Å². The Labute approximate surface area is 184 Å². The van der Waals surface area contributed by atoms with Gasteiger partial charge in [-0.2, -0.15) is 0 Å². The molecular weight excluding hydrogens is 430 g/mol. The Morgan fingerprint density at radius 2 is 1.69 bits per heavy atom. The van der Waals surface area contributed by atoms with E-state index in [4.69, 9.17) is 0 Å². The number of aryl methyl sites for hydroxylation is 1. The lowest BCUT2D eigenvalue weighted by Crippen LogP contribution is -2.44. The average Bonchev–Trinajstić information content (AvgIpc) is 2.77. The molecule has 4 rings (SSSR count). The van der Waals surface area contributed by atoms with Crippen molar-refractivity contribution in [3.8, 4) is 0 Å². The fourth-order valence-electron chi connectivity index (χ4n) is 3.63. The summed E-state index contributed by atoms with van der Waals surface area (Å²) in [5.41, 5.74) is 0.864. The van der Waals surface area contributed by atoms with Gasteiger partial charge in [-0.1, -0.05) is 54.6 Å². The van der Waals surface area contributed by atoms with E-state index in [9.17, 15) is 23.1 Å². The van der Waals surface area contributed by atoms with Crippen molar-refractivity contribution in [1.29, 1.82) is 0 Å². The first-order valence-corrected chi connectivity index (χ1v) is 11.6. The summed E-state index contributed by atoms with van der Waals surface area (Å²) < 4.78 is 27.6. The third-order valence-corrected chi connectivity index (χ3v) is 6.58. The SMILES string of the molecule is O=C(O)[C@H](Cc1nc2ccccc2c(=O)[nH]1)NS(=O)(=O)CCc1cccc2ccccc12. The number of nitrogens with zero attached hydrogens (tertiary/aromatic N) is 1. The normalized spacial score (nSPS) is 12.8. The quantitative estimate of drug-likeness (QED) is 0.377. The molecule has 0 aliphatic heterocycles. The van der Waals surface area contributed by atoms with Crippen molar-refractivity contribution < 1.29 is 18.3 Å². The highest BCUT2D eigenvalue weighted by Crippen LogP contribution is 2.19. The number of hydrogen-bond acceptors (Lipinski definition) is 5. The Balaban J connectivity index is 1.51. The number of carboxylic acids is 1. The van der Waals surface area contributed by atoms with Crippen LogP contribution < -0.4 is 10.3 Å². The van der Waals surface area contributed by atoms with E-state index >= 15 is 0 Å². The molecule has 0 saturated carbocycles. The summed E-state index contributed by atoms with van der Waals surface area (Å²) in [6, 6.07) is 18.5. The predicted molar refractivity (Wildman–Crippen MR) is 122 cm³/mol. The predicted octanol–water partition coefficient (Wildman–Crippen LogP) is 2.23. The molecule has 3 N–H and O–H groups in total. The van der Waals surface area contributed by atoms with Gasteiger partial charge in [-0.3, -0.25) is 9.59 Å². The molecule has 0 unspecified atom stereocenters. The van der Waals surface area contributed by atoms with Gasteiger partial charge in [-0.15, -0.1) is 0 Å². The molecule has 3 aromatic carbocycles. The number of aromatic nitrogens is 2. The van der Waals surface area contributed by atoms with Crippen LogP contribution in [0.2, 0.25) is 0 Å². The lowest BCUT2D eigenvalue weighted by Gasteiger charge is -2.15. The second kappa shape index (κ2) is 8.89. The molecule has 0 fully saturated rings. The molecule has 0 aliphatic carbocycles. The topological polar surface area (TPSA) is 129 Å². The summed E-state index contributed by atoms with van der Waals surface area (Å²) in [4.78, 5) is 30.8. The minimum absolute atomic E-state index is 0.0952. The van der Waals surface area contributed by atoms with Crippen LogP contribution >= 0.6 is 0 Å². The number of aliphatic carboxylic acids is 1.